The van der Waals surface area contributed by atoms with Crippen molar-refractivity contribution >= 4 is 5.97 Å². The minimum Gasteiger partial charge on any atom is -0.504 e. The Kier molecular flexibility index (Phi) is 7.00. The normalized spacial score (nSPS) is 34.7. The van der Waals surface area contributed by atoms with E-state index in [0.717, 1.165) is 30.4 Å². The Balaban J connectivity index is 1.77. The van der Waals surface area contributed by atoms with E-state index in [1.165, 1.54) is 23.6 Å². The Morgan fingerprint density at radius 2 is 1.76 bits per heavy atom. The number of benzene rings is 1. The molecule has 3 aliphatic rings. The van der Waals surface area contributed by atoms with Crippen molar-refractivity contribution in [3.8, 4) is 11.5 Å². The standard InChI is InChI=1S/C27H38O7/c1-12(2)9-17-10-14(4)18-8-7-13(3)20-22(18)21(17)15(5)23(29)26(20)34-27-25(31)24(30)19(11-32-27)33-16(6)28/h9,13-14,17-19,24-25,27,29-31H,7-8,10-11H2,1-6H3/t13-,14-,17-,18+,19?,24?,25?,27?/m0/s1. The topological polar surface area (TPSA) is 105 Å². The van der Waals surface area contributed by atoms with Crippen molar-refractivity contribution in [3.63, 3.8) is 0 Å². The molecule has 4 unspecified atom stereocenters. The lowest BCUT2D eigenvalue weighted by Crippen LogP contribution is -2.56. The van der Waals surface area contributed by atoms with Crippen LogP contribution in [0.15, 0.2) is 11.6 Å². The molecule has 4 rings (SSSR count). The van der Waals surface area contributed by atoms with Crippen LogP contribution in [0.5, 0.6) is 11.5 Å². The number of aromatic hydroxyl groups is 1. The zero-order valence-electron chi connectivity index (χ0n) is 21.0. The second kappa shape index (κ2) is 9.51. The molecule has 0 spiro atoms. The SMILES string of the molecule is CC(=O)OC1COC(Oc2c(O)c(C)c3c4c2[C@@H](C)CC[C@@H]4[C@@H](C)C[C@@H]3C=C(C)C)C(O)C1O. The molecule has 34 heavy (non-hydrogen) atoms. The predicted molar refractivity (Wildman–Crippen MR) is 127 cm³/mol. The zero-order chi connectivity index (χ0) is 24.9. The van der Waals surface area contributed by atoms with E-state index >= 15 is 0 Å². The number of allylic oxidation sites excluding steroid dienone is 2. The van der Waals surface area contributed by atoms with Gasteiger partial charge in [0.05, 0.1) is 6.61 Å². The Hall–Kier alpha value is -2.09. The molecule has 188 valence electrons. The van der Waals surface area contributed by atoms with Crippen LogP contribution in [0.1, 0.15) is 93.9 Å². The number of hydrogen-bond donors (Lipinski definition) is 3. The monoisotopic (exact) mass is 474 g/mol. The van der Waals surface area contributed by atoms with Crippen LogP contribution >= 0.6 is 0 Å². The van der Waals surface area contributed by atoms with Crippen molar-refractivity contribution in [1.82, 2.24) is 0 Å². The molecule has 1 aliphatic heterocycles. The van der Waals surface area contributed by atoms with Gasteiger partial charge in [-0.3, -0.25) is 4.79 Å². The Morgan fingerprint density at radius 1 is 1.06 bits per heavy atom. The lowest BCUT2D eigenvalue weighted by molar-refractivity contribution is -0.248. The summed E-state index contributed by atoms with van der Waals surface area (Å²) in [5.41, 5.74) is 5.51. The quantitative estimate of drug-likeness (QED) is 0.444. The minimum absolute atomic E-state index is 0.0651. The summed E-state index contributed by atoms with van der Waals surface area (Å²) in [6.07, 6.45) is 0.472. The van der Waals surface area contributed by atoms with Gasteiger partial charge >= 0.3 is 5.97 Å². The molecule has 1 heterocycles. The van der Waals surface area contributed by atoms with Gasteiger partial charge in [-0.05, 0) is 74.5 Å². The maximum atomic E-state index is 11.4. The number of hydrogen-bond acceptors (Lipinski definition) is 7. The number of carbonyl (C=O) groups is 1. The summed E-state index contributed by atoms with van der Waals surface area (Å²) in [6, 6.07) is 0. The van der Waals surface area contributed by atoms with Crippen molar-refractivity contribution < 1.29 is 34.3 Å². The van der Waals surface area contributed by atoms with Crippen LogP contribution in [0.3, 0.4) is 0 Å². The first-order valence-electron chi connectivity index (χ1n) is 12.4. The average molecular weight is 475 g/mol. The lowest BCUT2D eigenvalue weighted by atomic mass is 9.62. The summed E-state index contributed by atoms with van der Waals surface area (Å²) in [7, 11) is 0. The minimum atomic E-state index is -1.44. The molecule has 0 amide bonds. The molecule has 0 aromatic heterocycles. The van der Waals surface area contributed by atoms with E-state index < -0.39 is 30.6 Å². The van der Waals surface area contributed by atoms with Gasteiger partial charge in [0, 0.05) is 18.4 Å². The lowest BCUT2D eigenvalue weighted by Gasteiger charge is -2.44. The highest BCUT2D eigenvalue weighted by Gasteiger charge is 2.45. The Morgan fingerprint density at radius 3 is 2.41 bits per heavy atom. The summed E-state index contributed by atoms with van der Waals surface area (Å²) < 4.78 is 16.9. The van der Waals surface area contributed by atoms with E-state index in [1.54, 1.807) is 0 Å². The molecule has 0 saturated carbocycles. The van der Waals surface area contributed by atoms with Crippen LogP contribution in [0, 0.1) is 12.8 Å². The van der Waals surface area contributed by atoms with Crippen LogP contribution in [-0.2, 0) is 14.3 Å². The molecule has 8 atom stereocenters. The van der Waals surface area contributed by atoms with Gasteiger partial charge in [0.25, 0.3) is 0 Å². The molecule has 1 fully saturated rings. The number of aliphatic hydroxyl groups excluding tert-OH is 2. The Bertz CT molecular complexity index is 980. The zero-order valence-corrected chi connectivity index (χ0v) is 21.0. The first-order chi connectivity index (χ1) is 16.0. The van der Waals surface area contributed by atoms with Gasteiger partial charge in [0.1, 0.15) is 12.2 Å². The molecular formula is C27H38O7. The third-order valence-electron chi connectivity index (χ3n) is 7.78. The van der Waals surface area contributed by atoms with E-state index in [9.17, 15) is 20.1 Å². The molecule has 1 saturated heterocycles. The van der Waals surface area contributed by atoms with Gasteiger partial charge < -0.3 is 29.5 Å². The number of ether oxygens (including phenoxy) is 3. The van der Waals surface area contributed by atoms with Crippen molar-refractivity contribution in [2.24, 2.45) is 5.92 Å². The van der Waals surface area contributed by atoms with Crippen molar-refractivity contribution in [1.29, 1.82) is 0 Å². The second-order valence-corrected chi connectivity index (χ2v) is 10.6. The predicted octanol–water partition coefficient (Wildman–Crippen LogP) is 4.16. The smallest absolute Gasteiger partial charge is 0.303 e. The van der Waals surface area contributed by atoms with Gasteiger partial charge in [-0.25, -0.2) is 0 Å². The van der Waals surface area contributed by atoms with Gasteiger partial charge in [-0.15, -0.1) is 0 Å². The van der Waals surface area contributed by atoms with Gasteiger partial charge in [0.15, 0.2) is 17.6 Å². The highest BCUT2D eigenvalue weighted by Crippen LogP contribution is 2.58. The van der Waals surface area contributed by atoms with Crippen molar-refractivity contribution in [2.45, 2.75) is 103 Å². The largest absolute Gasteiger partial charge is 0.504 e. The average Bonchev–Trinajstić information content (AvgIpc) is 2.75. The van der Waals surface area contributed by atoms with Crippen LogP contribution in [0.25, 0.3) is 0 Å². The summed E-state index contributed by atoms with van der Waals surface area (Å²) in [4.78, 5) is 11.3. The summed E-state index contributed by atoms with van der Waals surface area (Å²) in [5, 5.41) is 32.5. The number of phenolic OH excluding ortho intramolecular Hbond substituents is 1. The molecule has 0 radical (unpaired) electrons. The number of aliphatic hydroxyl groups is 2. The first kappa shape index (κ1) is 25.0. The number of rotatable bonds is 4. The van der Waals surface area contributed by atoms with Gasteiger partial charge in [0.2, 0.25) is 6.29 Å². The molecule has 1 aromatic rings. The maximum Gasteiger partial charge on any atom is 0.303 e. The van der Waals surface area contributed by atoms with Gasteiger partial charge in [-0.2, -0.15) is 0 Å². The van der Waals surface area contributed by atoms with E-state index in [2.05, 4.69) is 33.8 Å². The summed E-state index contributed by atoms with van der Waals surface area (Å²) in [6.45, 7) is 11.7. The van der Waals surface area contributed by atoms with Crippen LogP contribution < -0.4 is 4.74 Å². The molecule has 3 N–H and O–H groups in total. The highest BCUT2D eigenvalue weighted by molar-refractivity contribution is 5.66. The summed E-state index contributed by atoms with van der Waals surface area (Å²) in [5.74, 6) is 1.13. The van der Waals surface area contributed by atoms with Crippen LogP contribution in [0.4, 0.5) is 0 Å². The fourth-order valence-electron chi connectivity index (χ4n) is 6.21. The second-order valence-electron chi connectivity index (χ2n) is 10.6. The Labute approximate surface area is 201 Å². The number of esters is 1. The fraction of sp³-hybridized carbons (Fsp3) is 0.667. The molecule has 7 nitrogen and oxygen atoms in total. The van der Waals surface area contributed by atoms with E-state index in [4.69, 9.17) is 14.2 Å². The first-order valence-corrected chi connectivity index (χ1v) is 12.4. The third kappa shape index (κ3) is 4.34. The van der Waals surface area contributed by atoms with Gasteiger partial charge in [-0.1, -0.05) is 25.5 Å². The van der Waals surface area contributed by atoms with Crippen LogP contribution in [0.2, 0.25) is 0 Å². The highest BCUT2D eigenvalue weighted by atomic mass is 16.7. The van der Waals surface area contributed by atoms with Crippen LogP contribution in [-0.4, -0.2) is 52.5 Å². The van der Waals surface area contributed by atoms with E-state index in [1.807, 2.05) is 6.92 Å². The number of phenols is 1. The molecule has 7 heteroatoms. The van der Waals surface area contributed by atoms with E-state index in [0.29, 0.717) is 17.6 Å². The number of carbonyl (C=O) groups excluding carboxylic acids is 1. The maximum absolute atomic E-state index is 11.4. The van der Waals surface area contributed by atoms with E-state index in [-0.39, 0.29) is 24.2 Å². The van der Waals surface area contributed by atoms with Crippen molar-refractivity contribution in [3.05, 3.63) is 33.9 Å². The molecule has 2 aliphatic carbocycles. The third-order valence-corrected chi connectivity index (χ3v) is 7.78. The molecular weight excluding hydrogens is 436 g/mol. The summed E-state index contributed by atoms with van der Waals surface area (Å²) >= 11 is 0. The fourth-order valence-corrected chi connectivity index (χ4v) is 6.21. The molecule has 1 aromatic carbocycles. The molecule has 0 bridgehead atoms. The van der Waals surface area contributed by atoms with Crippen molar-refractivity contribution in [2.75, 3.05) is 6.61 Å².